The average molecular weight is 284 g/mol. The van der Waals surface area contributed by atoms with Gasteiger partial charge in [0.15, 0.2) is 0 Å². The van der Waals surface area contributed by atoms with Crippen molar-refractivity contribution >= 4 is 15.9 Å². The van der Waals surface area contributed by atoms with Crippen LogP contribution in [0.15, 0.2) is 22.7 Å². The molecule has 0 heterocycles. The summed E-state index contributed by atoms with van der Waals surface area (Å²) in [6.45, 7) is 2.39. The predicted molar refractivity (Wildman–Crippen MR) is 69.5 cm³/mol. The summed E-state index contributed by atoms with van der Waals surface area (Å²) in [4.78, 5) is 0. The van der Waals surface area contributed by atoms with E-state index in [1.807, 2.05) is 0 Å². The zero-order valence-electron chi connectivity index (χ0n) is 9.54. The van der Waals surface area contributed by atoms with Crippen LogP contribution < -0.4 is 5.32 Å². The summed E-state index contributed by atoms with van der Waals surface area (Å²) < 4.78 is 1.23. The second-order valence-electron chi connectivity index (χ2n) is 4.48. The molecule has 0 spiro atoms. The van der Waals surface area contributed by atoms with Gasteiger partial charge in [-0.3, -0.25) is 0 Å². The van der Waals surface area contributed by atoms with E-state index in [1.54, 1.807) is 0 Å². The van der Waals surface area contributed by atoms with Crippen LogP contribution >= 0.6 is 15.9 Å². The highest BCUT2D eigenvalue weighted by Gasteiger charge is 2.24. The van der Waals surface area contributed by atoms with E-state index in [2.05, 4.69) is 46.4 Å². The summed E-state index contributed by atoms with van der Waals surface area (Å²) in [7, 11) is 0. The normalized spacial score (nSPS) is 20.8. The molecule has 88 valence electrons. The van der Waals surface area contributed by atoms with Crippen molar-refractivity contribution in [1.82, 2.24) is 5.32 Å². The molecule has 0 aliphatic heterocycles. The Hall–Kier alpha value is -0.380. The van der Waals surface area contributed by atoms with E-state index in [-0.39, 0.29) is 6.61 Å². The Bertz CT molecular complexity index is 367. The largest absolute Gasteiger partial charge is 0.396 e. The lowest BCUT2D eigenvalue weighted by Gasteiger charge is -2.19. The van der Waals surface area contributed by atoms with Gasteiger partial charge in [0.2, 0.25) is 0 Å². The molecule has 2 N–H and O–H groups in total. The molecular formula is C13H18BrNO. The highest BCUT2D eigenvalue weighted by Crippen LogP contribution is 2.35. The minimum absolute atomic E-state index is 0.256. The number of hydrogen-bond acceptors (Lipinski definition) is 2. The summed E-state index contributed by atoms with van der Waals surface area (Å²) in [6, 6.07) is 7.24. The molecule has 1 aromatic carbocycles. The number of hydrogen-bond donors (Lipinski definition) is 2. The van der Waals surface area contributed by atoms with E-state index >= 15 is 0 Å². The van der Waals surface area contributed by atoms with Gasteiger partial charge < -0.3 is 10.4 Å². The first-order valence-corrected chi connectivity index (χ1v) is 6.66. The van der Waals surface area contributed by atoms with Crippen molar-refractivity contribution in [3.63, 3.8) is 0 Å². The van der Waals surface area contributed by atoms with Crippen LogP contribution in [0.5, 0.6) is 0 Å². The molecule has 1 aromatic rings. The van der Waals surface area contributed by atoms with Crippen LogP contribution in [0.4, 0.5) is 0 Å². The summed E-state index contributed by atoms with van der Waals surface area (Å²) in [5, 5.41) is 12.5. The molecule has 16 heavy (non-hydrogen) atoms. The Morgan fingerprint density at radius 3 is 3.12 bits per heavy atom. The van der Waals surface area contributed by atoms with Gasteiger partial charge in [-0.1, -0.05) is 28.1 Å². The van der Waals surface area contributed by atoms with Crippen LogP contribution in [-0.4, -0.2) is 17.8 Å². The van der Waals surface area contributed by atoms with Crippen LogP contribution in [0.1, 0.15) is 36.9 Å². The van der Waals surface area contributed by atoms with Gasteiger partial charge in [0, 0.05) is 23.2 Å². The quantitative estimate of drug-likeness (QED) is 0.891. The molecule has 2 nitrogen and oxygen atoms in total. The maximum Gasteiger partial charge on any atom is 0.0445 e. The Morgan fingerprint density at radius 1 is 1.56 bits per heavy atom. The molecule has 2 atom stereocenters. The number of halogens is 1. The van der Waals surface area contributed by atoms with Crippen molar-refractivity contribution in [3.8, 4) is 0 Å². The second kappa shape index (κ2) is 5.30. The van der Waals surface area contributed by atoms with Crippen LogP contribution in [-0.2, 0) is 6.42 Å². The first-order chi connectivity index (χ1) is 7.72. The van der Waals surface area contributed by atoms with E-state index in [0.717, 1.165) is 19.3 Å². The molecule has 0 bridgehead atoms. The Morgan fingerprint density at radius 2 is 2.38 bits per heavy atom. The fraction of sp³-hybridized carbons (Fsp3) is 0.538. The molecule has 0 saturated heterocycles. The number of nitrogens with one attached hydrogen (secondary N) is 1. The lowest BCUT2D eigenvalue weighted by atomic mass is 10.1. The van der Waals surface area contributed by atoms with Crippen molar-refractivity contribution < 1.29 is 5.11 Å². The van der Waals surface area contributed by atoms with E-state index in [9.17, 15) is 0 Å². The topological polar surface area (TPSA) is 32.3 Å². The van der Waals surface area contributed by atoms with E-state index in [4.69, 9.17) is 5.11 Å². The third-order valence-corrected chi connectivity index (χ3v) is 4.00. The van der Waals surface area contributed by atoms with Gasteiger partial charge in [-0.25, -0.2) is 0 Å². The standard InChI is InChI=1S/C13H18BrNO/c1-9(7-8-16)15-13-6-5-10-11(13)3-2-4-12(10)14/h2-4,9,13,15-16H,5-8H2,1H3/t9-,13?/m1/s1. The van der Waals surface area contributed by atoms with E-state index in [0.29, 0.717) is 12.1 Å². The highest BCUT2D eigenvalue weighted by atomic mass is 79.9. The monoisotopic (exact) mass is 283 g/mol. The maximum absolute atomic E-state index is 8.90. The summed E-state index contributed by atoms with van der Waals surface area (Å²) in [5.74, 6) is 0. The molecule has 0 fully saturated rings. The first kappa shape index (κ1) is 12.1. The molecule has 0 radical (unpaired) electrons. The molecular weight excluding hydrogens is 266 g/mol. The maximum atomic E-state index is 8.90. The predicted octanol–water partition coefficient (Wildman–Crippen LogP) is 2.80. The number of aliphatic hydroxyl groups excluding tert-OH is 1. The number of aliphatic hydroxyl groups is 1. The summed E-state index contributed by atoms with van der Waals surface area (Å²) >= 11 is 3.60. The van der Waals surface area contributed by atoms with Crippen LogP contribution in [0.3, 0.4) is 0 Å². The van der Waals surface area contributed by atoms with E-state index < -0.39 is 0 Å². The van der Waals surface area contributed by atoms with Gasteiger partial charge >= 0.3 is 0 Å². The van der Waals surface area contributed by atoms with Crippen molar-refractivity contribution in [2.24, 2.45) is 0 Å². The van der Waals surface area contributed by atoms with Gasteiger partial charge in [-0.2, -0.15) is 0 Å². The number of rotatable bonds is 4. The zero-order chi connectivity index (χ0) is 11.5. The molecule has 0 saturated carbocycles. The van der Waals surface area contributed by atoms with Crippen molar-refractivity contribution in [2.45, 2.75) is 38.3 Å². The minimum atomic E-state index is 0.256. The molecule has 0 aromatic heterocycles. The third kappa shape index (κ3) is 2.47. The van der Waals surface area contributed by atoms with Crippen molar-refractivity contribution in [2.75, 3.05) is 6.61 Å². The fourth-order valence-electron chi connectivity index (χ4n) is 2.40. The first-order valence-electron chi connectivity index (χ1n) is 5.86. The third-order valence-electron chi connectivity index (χ3n) is 3.26. The smallest absolute Gasteiger partial charge is 0.0445 e. The Labute approximate surface area is 105 Å². The Balaban J connectivity index is 2.09. The minimum Gasteiger partial charge on any atom is -0.396 e. The molecule has 3 heteroatoms. The van der Waals surface area contributed by atoms with Gasteiger partial charge in [0.05, 0.1) is 0 Å². The van der Waals surface area contributed by atoms with E-state index in [1.165, 1.54) is 15.6 Å². The lowest BCUT2D eigenvalue weighted by Crippen LogP contribution is -2.30. The highest BCUT2D eigenvalue weighted by molar-refractivity contribution is 9.10. The number of benzene rings is 1. The van der Waals surface area contributed by atoms with Crippen LogP contribution in [0.25, 0.3) is 0 Å². The molecule has 0 amide bonds. The SMILES string of the molecule is C[C@H](CCO)NC1CCc2c(Br)cccc21. The summed E-state index contributed by atoms with van der Waals surface area (Å²) in [6.07, 6.45) is 3.12. The fourth-order valence-corrected chi connectivity index (χ4v) is 2.98. The van der Waals surface area contributed by atoms with Crippen molar-refractivity contribution in [1.29, 1.82) is 0 Å². The second-order valence-corrected chi connectivity index (χ2v) is 5.33. The van der Waals surface area contributed by atoms with Gasteiger partial charge in [-0.15, -0.1) is 0 Å². The Kier molecular flexibility index (Phi) is 4.00. The summed E-state index contributed by atoms with van der Waals surface area (Å²) in [5.41, 5.74) is 2.86. The molecule has 1 aliphatic rings. The van der Waals surface area contributed by atoms with Crippen LogP contribution in [0.2, 0.25) is 0 Å². The molecule has 2 rings (SSSR count). The zero-order valence-corrected chi connectivity index (χ0v) is 11.1. The molecule has 1 aliphatic carbocycles. The average Bonchev–Trinajstić information content (AvgIpc) is 2.64. The molecule has 1 unspecified atom stereocenters. The van der Waals surface area contributed by atoms with Gasteiger partial charge in [0.25, 0.3) is 0 Å². The van der Waals surface area contributed by atoms with Crippen molar-refractivity contribution in [3.05, 3.63) is 33.8 Å². The number of fused-ring (bicyclic) bond motifs is 1. The van der Waals surface area contributed by atoms with Gasteiger partial charge in [0.1, 0.15) is 0 Å². The lowest BCUT2D eigenvalue weighted by molar-refractivity contribution is 0.263. The van der Waals surface area contributed by atoms with Gasteiger partial charge in [-0.05, 0) is 43.4 Å². The van der Waals surface area contributed by atoms with Crippen LogP contribution in [0, 0.1) is 0 Å².